The van der Waals surface area contributed by atoms with Gasteiger partial charge >= 0.3 is 0 Å². The Hall–Kier alpha value is -3.12. The predicted molar refractivity (Wildman–Crippen MR) is 122 cm³/mol. The minimum Gasteiger partial charge on any atom is -0.325 e. The third kappa shape index (κ3) is 4.54. The van der Waals surface area contributed by atoms with Crippen molar-refractivity contribution in [3.05, 3.63) is 77.4 Å². The Morgan fingerprint density at radius 1 is 1.13 bits per heavy atom. The maximum Gasteiger partial charge on any atom is 0.231 e. The summed E-state index contributed by atoms with van der Waals surface area (Å²) in [5, 5.41) is 14.8. The average molecular weight is 397 g/mol. The minimum atomic E-state index is -0.187. The van der Waals surface area contributed by atoms with Crippen LogP contribution in [-0.4, -0.2) is 5.91 Å². The lowest BCUT2D eigenvalue weighted by molar-refractivity contribution is -0.117. The molecule has 3 heteroatoms. The second kappa shape index (κ2) is 9.13. The van der Waals surface area contributed by atoms with Crippen molar-refractivity contribution in [3.8, 4) is 6.07 Å². The molecule has 1 amide bonds. The summed E-state index contributed by atoms with van der Waals surface area (Å²) in [6, 6.07) is 22.4. The third-order valence-electron chi connectivity index (χ3n) is 6.08. The standard InChI is InChI=1S/C27H28N2O/c1-2-3-7-22-15-14-20(18-28)17-26(22)29-27(30)25(16-19-12-13-19)24-11-6-9-21-8-4-5-10-23(21)24/h4-6,8-11,14-15,17,19,25H,2-3,7,12-13,16H2,1H3,(H,29,30). The smallest absolute Gasteiger partial charge is 0.231 e. The molecule has 0 heterocycles. The number of carbonyl (C=O) groups excluding carboxylic acids is 1. The number of benzene rings is 3. The summed E-state index contributed by atoms with van der Waals surface area (Å²) in [4.78, 5) is 13.6. The molecule has 0 bridgehead atoms. The van der Waals surface area contributed by atoms with Crippen LogP contribution >= 0.6 is 0 Å². The molecular formula is C27H28N2O. The van der Waals surface area contributed by atoms with Gasteiger partial charge in [0.25, 0.3) is 0 Å². The second-order valence-corrected chi connectivity index (χ2v) is 8.38. The molecule has 3 aromatic rings. The van der Waals surface area contributed by atoms with Crippen LogP contribution in [-0.2, 0) is 11.2 Å². The number of rotatable bonds is 8. The van der Waals surface area contributed by atoms with E-state index in [1.54, 1.807) is 0 Å². The Morgan fingerprint density at radius 2 is 1.93 bits per heavy atom. The van der Waals surface area contributed by atoms with E-state index < -0.39 is 0 Å². The van der Waals surface area contributed by atoms with E-state index in [2.05, 4.69) is 42.6 Å². The molecule has 152 valence electrons. The normalized spacial score (nSPS) is 14.3. The molecular weight excluding hydrogens is 368 g/mol. The zero-order valence-electron chi connectivity index (χ0n) is 17.5. The van der Waals surface area contributed by atoms with E-state index >= 15 is 0 Å². The summed E-state index contributed by atoms with van der Waals surface area (Å²) < 4.78 is 0. The number of anilines is 1. The highest BCUT2D eigenvalue weighted by atomic mass is 16.1. The van der Waals surface area contributed by atoms with Crippen molar-refractivity contribution < 1.29 is 4.79 Å². The molecule has 0 spiro atoms. The molecule has 0 radical (unpaired) electrons. The number of fused-ring (bicyclic) bond motifs is 1. The van der Waals surface area contributed by atoms with Crippen LogP contribution in [0.5, 0.6) is 0 Å². The van der Waals surface area contributed by atoms with E-state index in [0.717, 1.165) is 47.9 Å². The van der Waals surface area contributed by atoms with Crippen LogP contribution in [0.1, 0.15) is 61.6 Å². The number of nitriles is 1. The summed E-state index contributed by atoms with van der Waals surface area (Å²) in [6.45, 7) is 2.16. The maximum absolute atomic E-state index is 13.6. The third-order valence-corrected chi connectivity index (χ3v) is 6.08. The van der Waals surface area contributed by atoms with E-state index in [0.29, 0.717) is 11.5 Å². The van der Waals surface area contributed by atoms with Crippen molar-refractivity contribution in [3.63, 3.8) is 0 Å². The first-order valence-electron chi connectivity index (χ1n) is 11.0. The lowest BCUT2D eigenvalue weighted by Gasteiger charge is -2.20. The molecule has 4 rings (SSSR count). The van der Waals surface area contributed by atoms with Gasteiger partial charge in [-0.1, -0.05) is 74.7 Å². The fourth-order valence-corrected chi connectivity index (χ4v) is 4.18. The first-order valence-corrected chi connectivity index (χ1v) is 11.0. The van der Waals surface area contributed by atoms with Crippen molar-refractivity contribution in [2.45, 2.75) is 51.4 Å². The van der Waals surface area contributed by atoms with E-state index in [4.69, 9.17) is 0 Å². The van der Waals surface area contributed by atoms with Crippen LogP contribution in [0.4, 0.5) is 5.69 Å². The summed E-state index contributed by atoms with van der Waals surface area (Å²) in [5.74, 6) is 0.476. The molecule has 1 unspecified atom stereocenters. The number of hydrogen-bond donors (Lipinski definition) is 1. The number of aryl methyl sites for hydroxylation is 1. The summed E-state index contributed by atoms with van der Waals surface area (Å²) in [6.07, 6.45) is 6.35. The first kappa shape index (κ1) is 20.2. The van der Waals surface area contributed by atoms with Gasteiger partial charge in [-0.25, -0.2) is 0 Å². The monoisotopic (exact) mass is 396 g/mol. The quantitative estimate of drug-likeness (QED) is 0.468. The van der Waals surface area contributed by atoms with Crippen LogP contribution in [0, 0.1) is 17.2 Å². The largest absolute Gasteiger partial charge is 0.325 e. The van der Waals surface area contributed by atoms with Gasteiger partial charge in [0.1, 0.15) is 0 Å². The number of amides is 1. The van der Waals surface area contributed by atoms with Gasteiger partial charge in [0.05, 0.1) is 17.6 Å². The van der Waals surface area contributed by atoms with Gasteiger partial charge in [-0.2, -0.15) is 5.26 Å². The molecule has 0 aromatic heterocycles. The molecule has 0 saturated heterocycles. The molecule has 0 aliphatic heterocycles. The van der Waals surface area contributed by atoms with Crippen LogP contribution in [0.2, 0.25) is 0 Å². The topological polar surface area (TPSA) is 52.9 Å². The SMILES string of the molecule is CCCCc1ccc(C#N)cc1NC(=O)C(CC1CC1)c1cccc2ccccc12. The highest BCUT2D eigenvalue weighted by Gasteiger charge is 2.31. The van der Waals surface area contributed by atoms with Gasteiger partial charge in [-0.15, -0.1) is 0 Å². The zero-order chi connectivity index (χ0) is 20.9. The highest BCUT2D eigenvalue weighted by Crippen LogP contribution is 2.41. The van der Waals surface area contributed by atoms with Gasteiger partial charge in [-0.3, -0.25) is 4.79 Å². The van der Waals surface area contributed by atoms with Gasteiger partial charge in [0, 0.05) is 5.69 Å². The Kier molecular flexibility index (Phi) is 6.14. The van der Waals surface area contributed by atoms with Gasteiger partial charge < -0.3 is 5.32 Å². The van der Waals surface area contributed by atoms with Gasteiger partial charge in [0.15, 0.2) is 0 Å². The average Bonchev–Trinajstić information content (AvgIpc) is 3.60. The fourth-order valence-electron chi connectivity index (χ4n) is 4.18. The zero-order valence-corrected chi connectivity index (χ0v) is 17.5. The van der Waals surface area contributed by atoms with Gasteiger partial charge in [-0.05, 0) is 59.2 Å². The predicted octanol–water partition coefficient (Wildman–Crippen LogP) is 6.58. The van der Waals surface area contributed by atoms with Crippen LogP contribution in [0.25, 0.3) is 10.8 Å². The Balaban J connectivity index is 1.67. The summed E-state index contributed by atoms with van der Waals surface area (Å²) in [7, 11) is 0. The molecule has 3 nitrogen and oxygen atoms in total. The van der Waals surface area contributed by atoms with Gasteiger partial charge in [0.2, 0.25) is 5.91 Å². The Labute approximate surface area is 178 Å². The van der Waals surface area contributed by atoms with Crippen LogP contribution < -0.4 is 5.32 Å². The molecule has 1 N–H and O–H groups in total. The molecule has 30 heavy (non-hydrogen) atoms. The summed E-state index contributed by atoms with van der Waals surface area (Å²) >= 11 is 0. The van der Waals surface area contributed by atoms with Crippen LogP contribution in [0.3, 0.4) is 0 Å². The minimum absolute atomic E-state index is 0.0334. The highest BCUT2D eigenvalue weighted by molar-refractivity contribution is 6.00. The number of nitrogens with zero attached hydrogens (tertiary/aromatic N) is 1. The molecule has 1 aliphatic rings. The molecule has 1 atom stereocenters. The lowest BCUT2D eigenvalue weighted by Crippen LogP contribution is -2.23. The number of nitrogens with one attached hydrogen (secondary N) is 1. The first-order chi connectivity index (χ1) is 14.7. The number of unbranched alkanes of at least 4 members (excludes halogenated alkanes) is 1. The maximum atomic E-state index is 13.6. The molecule has 1 saturated carbocycles. The fraction of sp³-hybridized carbons (Fsp3) is 0.333. The Bertz CT molecular complexity index is 1090. The van der Waals surface area contributed by atoms with E-state index in [1.165, 1.54) is 18.2 Å². The van der Waals surface area contributed by atoms with E-state index in [1.807, 2.05) is 36.4 Å². The van der Waals surface area contributed by atoms with Crippen LogP contribution in [0.15, 0.2) is 60.7 Å². The summed E-state index contributed by atoms with van der Waals surface area (Å²) in [5.41, 5.74) is 3.57. The second-order valence-electron chi connectivity index (χ2n) is 8.38. The van der Waals surface area contributed by atoms with Crippen molar-refractivity contribution in [1.29, 1.82) is 5.26 Å². The van der Waals surface area contributed by atoms with Crippen molar-refractivity contribution in [2.75, 3.05) is 5.32 Å². The number of carbonyl (C=O) groups is 1. The molecule has 3 aromatic carbocycles. The molecule has 1 aliphatic carbocycles. The van der Waals surface area contributed by atoms with Crippen molar-refractivity contribution in [2.24, 2.45) is 5.92 Å². The molecule has 1 fully saturated rings. The van der Waals surface area contributed by atoms with E-state index in [-0.39, 0.29) is 11.8 Å². The lowest BCUT2D eigenvalue weighted by atomic mass is 9.88. The number of hydrogen-bond acceptors (Lipinski definition) is 2. The van der Waals surface area contributed by atoms with Crippen molar-refractivity contribution in [1.82, 2.24) is 0 Å². The Morgan fingerprint density at radius 3 is 2.70 bits per heavy atom. The van der Waals surface area contributed by atoms with E-state index in [9.17, 15) is 10.1 Å². The van der Waals surface area contributed by atoms with Crippen molar-refractivity contribution >= 4 is 22.4 Å².